The molecule has 3 heterocycles. The Kier molecular flexibility index (Phi) is 4.47. The van der Waals surface area contributed by atoms with E-state index >= 15 is 0 Å². The van der Waals surface area contributed by atoms with Gasteiger partial charge in [0.15, 0.2) is 0 Å². The molecule has 0 N–H and O–H groups in total. The van der Waals surface area contributed by atoms with Crippen LogP contribution >= 0.6 is 11.8 Å². The summed E-state index contributed by atoms with van der Waals surface area (Å²) in [7, 11) is 0. The van der Waals surface area contributed by atoms with Gasteiger partial charge in [-0.2, -0.15) is 5.10 Å². The average Bonchev–Trinajstić information content (AvgIpc) is 3.15. The summed E-state index contributed by atoms with van der Waals surface area (Å²) >= 11 is 1.88. The Morgan fingerprint density at radius 3 is 2.91 bits per heavy atom. The van der Waals surface area contributed by atoms with Gasteiger partial charge in [0.2, 0.25) is 0 Å². The van der Waals surface area contributed by atoms with Crippen molar-refractivity contribution < 1.29 is 4.79 Å². The van der Waals surface area contributed by atoms with Crippen LogP contribution in [0.25, 0.3) is 5.69 Å². The molecule has 116 valence electrons. The van der Waals surface area contributed by atoms with Crippen molar-refractivity contribution in [2.24, 2.45) is 0 Å². The van der Waals surface area contributed by atoms with E-state index < -0.39 is 0 Å². The molecule has 5 nitrogen and oxygen atoms in total. The molecular weight excluding hydrogens is 296 g/mol. The van der Waals surface area contributed by atoms with Crippen molar-refractivity contribution in [2.75, 3.05) is 12.3 Å². The average molecular weight is 316 g/mol. The van der Waals surface area contributed by atoms with Gasteiger partial charge in [0.05, 0.1) is 28.5 Å². The van der Waals surface area contributed by atoms with Gasteiger partial charge in [-0.1, -0.05) is 13.3 Å². The Bertz CT molecular complexity index is 655. The number of pyridine rings is 1. The van der Waals surface area contributed by atoms with E-state index in [1.165, 1.54) is 0 Å². The molecule has 2 aromatic heterocycles. The molecule has 0 saturated carbocycles. The highest BCUT2D eigenvalue weighted by Gasteiger charge is 2.31. The van der Waals surface area contributed by atoms with Gasteiger partial charge in [0.1, 0.15) is 0 Å². The molecule has 1 aliphatic heterocycles. The fourth-order valence-electron chi connectivity index (χ4n) is 2.76. The molecule has 1 atom stereocenters. The molecule has 1 unspecified atom stereocenters. The van der Waals surface area contributed by atoms with Gasteiger partial charge in [-0.3, -0.25) is 9.78 Å². The lowest BCUT2D eigenvalue weighted by Crippen LogP contribution is -2.35. The lowest BCUT2D eigenvalue weighted by molar-refractivity contribution is 0.0755. The molecule has 1 aliphatic rings. The van der Waals surface area contributed by atoms with Crippen LogP contribution in [0.15, 0.2) is 30.7 Å². The maximum Gasteiger partial charge on any atom is 0.258 e. The first-order valence-corrected chi connectivity index (χ1v) is 8.65. The SMILES string of the molecule is CCCC1SCCN1C(=O)c1cnn(-c2ccncc2)c1C. The molecule has 2 aromatic rings. The quantitative estimate of drug-likeness (QED) is 0.870. The summed E-state index contributed by atoms with van der Waals surface area (Å²) < 4.78 is 1.80. The van der Waals surface area contributed by atoms with E-state index in [1.54, 1.807) is 23.3 Å². The number of carbonyl (C=O) groups excluding carboxylic acids is 1. The monoisotopic (exact) mass is 316 g/mol. The fraction of sp³-hybridized carbons (Fsp3) is 0.438. The van der Waals surface area contributed by atoms with Crippen LogP contribution < -0.4 is 0 Å². The number of hydrogen-bond donors (Lipinski definition) is 0. The maximum absolute atomic E-state index is 12.8. The minimum absolute atomic E-state index is 0.0984. The van der Waals surface area contributed by atoms with Crippen LogP contribution in [-0.2, 0) is 0 Å². The second-order valence-corrected chi connectivity index (χ2v) is 6.66. The fourth-order valence-corrected chi connectivity index (χ4v) is 4.12. The van der Waals surface area contributed by atoms with E-state index in [0.29, 0.717) is 10.9 Å². The van der Waals surface area contributed by atoms with Gasteiger partial charge in [-0.25, -0.2) is 4.68 Å². The smallest absolute Gasteiger partial charge is 0.258 e. The second kappa shape index (κ2) is 6.52. The molecule has 0 aliphatic carbocycles. The van der Waals surface area contributed by atoms with E-state index in [4.69, 9.17) is 0 Å². The number of amides is 1. The van der Waals surface area contributed by atoms with Crippen molar-refractivity contribution in [1.29, 1.82) is 0 Å². The van der Waals surface area contributed by atoms with Crippen molar-refractivity contribution in [3.8, 4) is 5.69 Å². The number of thioether (sulfide) groups is 1. The van der Waals surface area contributed by atoms with Crippen molar-refractivity contribution in [2.45, 2.75) is 32.1 Å². The van der Waals surface area contributed by atoms with Crippen molar-refractivity contribution >= 4 is 17.7 Å². The summed E-state index contributed by atoms with van der Waals surface area (Å²) in [6.45, 7) is 4.93. The summed E-state index contributed by atoms with van der Waals surface area (Å²) in [6, 6.07) is 3.78. The third-order valence-corrected chi connectivity index (χ3v) is 5.23. The Balaban J connectivity index is 1.87. The molecule has 0 spiro atoms. The van der Waals surface area contributed by atoms with E-state index in [1.807, 2.05) is 35.7 Å². The van der Waals surface area contributed by atoms with E-state index in [2.05, 4.69) is 17.0 Å². The largest absolute Gasteiger partial charge is 0.326 e. The highest BCUT2D eigenvalue weighted by molar-refractivity contribution is 8.00. The van der Waals surface area contributed by atoms with Crippen molar-refractivity contribution in [3.05, 3.63) is 42.0 Å². The number of hydrogen-bond acceptors (Lipinski definition) is 4. The number of aromatic nitrogens is 3. The summed E-state index contributed by atoms with van der Waals surface area (Å²) in [4.78, 5) is 18.9. The maximum atomic E-state index is 12.8. The minimum Gasteiger partial charge on any atom is -0.326 e. The van der Waals surface area contributed by atoms with Crippen LogP contribution in [0.4, 0.5) is 0 Å². The topological polar surface area (TPSA) is 51.0 Å². The third kappa shape index (κ3) is 2.75. The predicted octanol–water partition coefficient (Wildman–Crippen LogP) is 2.89. The van der Waals surface area contributed by atoms with Crippen LogP contribution in [0.5, 0.6) is 0 Å². The van der Waals surface area contributed by atoms with E-state index in [-0.39, 0.29) is 5.91 Å². The number of nitrogens with zero attached hydrogens (tertiary/aromatic N) is 4. The lowest BCUT2D eigenvalue weighted by atomic mass is 10.2. The Labute approximate surface area is 134 Å². The summed E-state index contributed by atoms with van der Waals surface area (Å²) in [5.41, 5.74) is 2.50. The van der Waals surface area contributed by atoms with Gasteiger partial charge >= 0.3 is 0 Å². The zero-order chi connectivity index (χ0) is 15.5. The van der Waals surface area contributed by atoms with E-state index in [0.717, 1.165) is 36.5 Å². The minimum atomic E-state index is 0.0984. The van der Waals surface area contributed by atoms with Crippen molar-refractivity contribution in [1.82, 2.24) is 19.7 Å². The highest BCUT2D eigenvalue weighted by atomic mass is 32.2. The molecule has 0 bridgehead atoms. The highest BCUT2D eigenvalue weighted by Crippen LogP contribution is 2.29. The van der Waals surface area contributed by atoms with Gasteiger partial charge in [-0.05, 0) is 25.5 Å². The first-order valence-electron chi connectivity index (χ1n) is 7.60. The summed E-state index contributed by atoms with van der Waals surface area (Å²) in [5, 5.41) is 4.69. The number of rotatable bonds is 4. The van der Waals surface area contributed by atoms with Crippen LogP contribution in [0.2, 0.25) is 0 Å². The Morgan fingerprint density at radius 1 is 1.41 bits per heavy atom. The Hall–Kier alpha value is -1.82. The molecule has 22 heavy (non-hydrogen) atoms. The van der Waals surface area contributed by atoms with Gasteiger partial charge in [0, 0.05) is 24.7 Å². The molecule has 1 fully saturated rings. The van der Waals surface area contributed by atoms with Crippen LogP contribution in [0, 0.1) is 6.92 Å². The summed E-state index contributed by atoms with van der Waals surface area (Å²) in [5.74, 6) is 1.12. The van der Waals surface area contributed by atoms with Crippen LogP contribution in [0.1, 0.15) is 35.8 Å². The van der Waals surface area contributed by atoms with E-state index in [9.17, 15) is 4.79 Å². The Morgan fingerprint density at radius 2 is 2.18 bits per heavy atom. The first-order chi connectivity index (χ1) is 10.7. The molecule has 1 amide bonds. The number of carbonyl (C=O) groups is 1. The molecule has 6 heteroatoms. The first kappa shape index (κ1) is 15.1. The zero-order valence-electron chi connectivity index (χ0n) is 12.9. The third-order valence-electron chi connectivity index (χ3n) is 3.93. The predicted molar refractivity (Wildman–Crippen MR) is 88.3 cm³/mol. The molecule has 0 radical (unpaired) electrons. The second-order valence-electron chi connectivity index (χ2n) is 5.37. The normalized spacial score (nSPS) is 17.9. The molecule has 0 aromatic carbocycles. The standard InChI is InChI=1S/C16H20N4OS/c1-3-4-15-19(9-10-22-15)16(21)14-11-18-20(12(14)2)13-5-7-17-8-6-13/h5-8,11,15H,3-4,9-10H2,1-2H3. The molecule has 1 saturated heterocycles. The zero-order valence-corrected chi connectivity index (χ0v) is 13.7. The lowest BCUT2D eigenvalue weighted by Gasteiger charge is -2.23. The van der Waals surface area contributed by atoms with Crippen LogP contribution in [0.3, 0.4) is 0 Å². The van der Waals surface area contributed by atoms with Gasteiger partial charge in [0.25, 0.3) is 5.91 Å². The molecular formula is C16H20N4OS. The van der Waals surface area contributed by atoms with Gasteiger partial charge in [-0.15, -0.1) is 11.8 Å². The summed E-state index contributed by atoms with van der Waals surface area (Å²) in [6.07, 6.45) is 7.29. The van der Waals surface area contributed by atoms with Crippen LogP contribution in [-0.4, -0.2) is 43.2 Å². The van der Waals surface area contributed by atoms with Crippen molar-refractivity contribution in [3.63, 3.8) is 0 Å². The molecule has 3 rings (SSSR count). The van der Waals surface area contributed by atoms with Gasteiger partial charge < -0.3 is 4.90 Å².